The van der Waals surface area contributed by atoms with Crippen molar-refractivity contribution in [2.24, 2.45) is 11.3 Å². The van der Waals surface area contributed by atoms with E-state index in [1.807, 2.05) is 4.90 Å². The number of ether oxygens (including phenoxy) is 1. The van der Waals surface area contributed by atoms with Crippen molar-refractivity contribution in [3.63, 3.8) is 0 Å². The molecule has 3 rings (SSSR count). The second-order valence-corrected chi connectivity index (χ2v) is 8.48. The van der Waals surface area contributed by atoms with Gasteiger partial charge in [0.05, 0.1) is 13.5 Å². The van der Waals surface area contributed by atoms with Gasteiger partial charge < -0.3 is 14.5 Å². The van der Waals surface area contributed by atoms with Crippen molar-refractivity contribution >= 4 is 11.9 Å². The standard InChI is InChI=1S/C20H34N2O3/c1-25-19(24)9-8-18(23)22-13-11-20(16-22)10-5-12-21(15-20)14-17-6-3-2-4-7-17/h17H,2-16H2,1H3/t20-/m0/s1. The number of hydrogen-bond donors (Lipinski definition) is 0. The third kappa shape index (κ3) is 4.96. The summed E-state index contributed by atoms with van der Waals surface area (Å²) in [6.45, 7) is 5.39. The lowest BCUT2D eigenvalue weighted by molar-refractivity contribution is -0.143. The molecule has 2 aliphatic heterocycles. The number of amides is 1. The Labute approximate surface area is 152 Å². The molecule has 2 heterocycles. The molecule has 142 valence electrons. The van der Waals surface area contributed by atoms with Crippen LogP contribution < -0.4 is 0 Å². The predicted molar refractivity (Wildman–Crippen MR) is 97.1 cm³/mol. The molecule has 2 saturated heterocycles. The summed E-state index contributed by atoms with van der Waals surface area (Å²) < 4.78 is 4.64. The molecule has 0 aromatic rings. The van der Waals surface area contributed by atoms with Gasteiger partial charge in [-0.15, -0.1) is 0 Å². The zero-order valence-corrected chi connectivity index (χ0v) is 15.8. The first kappa shape index (κ1) is 18.7. The maximum Gasteiger partial charge on any atom is 0.306 e. The van der Waals surface area contributed by atoms with Crippen LogP contribution in [0.15, 0.2) is 0 Å². The molecule has 0 radical (unpaired) electrons. The molecule has 0 N–H and O–H groups in total. The van der Waals surface area contributed by atoms with Crippen LogP contribution in [0, 0.1) is 11.3 Å². The molecule has 0 aromatic carbocycles. The highest BCUT2D eigenvalue weighted by atomic mass is 16.5. The van der Waals surface area contributed by atoms with Gasteiger partial charge in [0.15, 0.2) is 0 Å². The fraction of sp³-hybridized carbons (Fsp3) is 0.900. The van der Waals surface area contributed by atoms with E-state index in [2.05, 4.69) is 9.64 Å². The van der Waals surface area contributed by atoms with E-state index in [0.717, 1.165) is 32.0 Å². The summed E-state index contributed by atoms with van der Waals surface area (Å²) in [6, 6.07) is 0. The van der Waals surface area contributed by atoms with Crippen molar-refractivity contribution < 1.29 is 14.3 Å². The maximum absolute atomic E-state index is 12.4. The van der Waals surface area contributed by atoms with E-state index in [1.54, 1.807) is 0 Å². The van der Waals surface area contributed by atoms with Crippen LogP contribution in [0.5, 0.6) is 0 Å². The summed E-state index contributed by atoms with van der Waals surface area (Å²) in [5.74, 6) is 0.716. The average Bonchev–Trinajstić information content (AvgIpc) is 3.03. The quantitative estimate of drug-likeness (QED) is 0.716. The molecule has 1 saturated carbocycles. The second kappa shape index (κ2) is 8.52. The molecule has 0 bridgehead atoms. The van der Waals surface area contributed by atoms with Gasteiger partial charge in [0.1, 0.15) is 0 Å². The van der Waals surface area contributed by atoms with Gasteiger partial charge in [0.25, 0.3) is 0 Å². The lowest BCUT2D eigenvalue weighted by atomic mass is 9.78. The molecule has 0 aromatic heterocycles. The molecule has 5 nitrogen and oxygen atoms in total. The summed E-state index contributed by atoms with van der Waals surface area (Å²) in [6.07, 6.45) is 11.2. The minimum Gasteiger partial charge on any atom is -0.469 e. The normalized spacial score (nSPS) is 28.4. The Bertz CT molecular complexity index is 476. The molecule has 0 unspecified atom stereocenters. The van der Waals surface area contributed by atoms with Crippen molar-refractivity contribution in [2.45, 2.75) is 64.2 Å². The summed E-state index contributed by atoms with van der Waals surface area (Å²) in [7, 11) is 1.38. The Hall–Kier alpha value is -1.10. The van der Waals surface area contributed by atoms with Crippen molar-refractivity contribution in [1.29, 1.82) is 0 Å². The monoisotopic (exact) mass is 350 g/mol. The lowest BCUT2D eigenvalue weighted by Crippen LogP contribution is -2.47. The predicted octanol–water partition coefficient (Wildman–Crippen LogP) is 2.83. The van der Waals surface area contributed by atoms with Crippen LogP contribution in [0.3, 0.4) is 0 Å². The van der Waals surface area contributed by atoms with Crippen molar-refractivity contribution in [2.75, 3.05) is 39.8 Å². The van der Waals surface area contributed by atoms with Gasteiger partial charge >= 0.3 is 5.97 Å². The fourth-order valence-electron chi connectivity index (χ4n) is 5.15. The van der Waals surface area contributed by atoms with E-state index >= 15 is 0 Å². The Balaban J connectivity index is 1.48. The van der Waals surface area contributed by atoms with Crippen LogP contribution >= 0.6 is 0 Å². The molecule has 1 atom stereocenters. The number of hydrogen-bond acceptors (Lipinski definition) is 4. The Morgan fingerprint density at radius 1 is 1.00 bits per heavy atom. The number of methoxy groups -OCH3 is 1. The molecular weight excluding hydrogens is 316 g/mol. The molecule has 25 heavy (non-hydrogen) atoms. The molecule has 3 aliphatic rings. The van der Waals surface area contributed by atoms with Gasteiger partial charge in [0.2, 0.25) is 5.91 Å². The van der Waals surface area contributed by atoms with Gasteiger partial charge in [0, 0.05) is 38.0 Å². The number of carbonyl (C=O) groups is 2. The number of rotatable bonds is 5. The number of nitrogens with zero attached hydrogens (tertiary/aromatic N) is 2. The molecule has 5 heteroatoms. The minimum absolute atomic E-state index is 0.117. The van der Waals surface area contributed by atoms with Crippen LogP contribution in [0.2, 0.25) is 0 Å². The zero-order valence-electron chi connectivity index (χ0n) is 15.8. The summed E-state index contributed by atoms with van der Waals surface area (Å²) >= 11 is 0. The van der Waals surface area contributed by atoms with Crippen molar-refractivity contribution in [3.8, 4) is 0 Å². The van der Waals surface area contributed by atoms with E-state index in [-0.39, 0.29) is 24.7 Å². The minimum atomic E-state index is -0.293. The molecule has 1 amide bonds. The topological polar surface area (TPSA) is 49.9 Å². The van der Waals surface area contributed by atoms with Gasteiger partial charge in [-0.1, -0.05) is 19.3 Å². The van der Waals surface area contributed by atoms with E-state index in [1.165, 1.54) is 65.1 Å². The summed E-state index contributed by atoms with van der Waals surface area (Å²) in [4.78, 5) is 28.3. The SMILES string of the molecule is COC(=O)CCC(=O)N1CC[C@]2(CCCN(CC3CCCCC3)C2)C1. The van der Waals surface area contributed by atoms with Crippen LogP contribution in [0.1, 0.15) is 64.2 Å². The zero-order chi connectivity index (χ0) is 17.7. The van der Waals surface area contributed by atoms with E-state index < -0.39 is 0 Å². The fourth-order valence-corrected chi connectivity index (χ4v) is 5.15. The molecule has 1 aliphatic carbocycles. The van der Waals surface area contributed by atoms with Crippen LogP contribution in [0.25, 0.3) is 0 Å². The van der Waals surface area contributed by atoms with Crippen molar-refractivity contribution in [1.82, 2.24) is 9.80 Å². The van der Waals surface area contributed by atoms with Crippen LogP contribution in [-0.2, 0) is 14.3 Å². The highest BCUT2D eigenvalue weighted by molar-refractivity contribution is 5.81. The van der Waals surface area contributed by atoms with E-state index in [9.17, 15) is 9.59 Å². The first-order valence-electron chi connectivity index (χ1n) is 10.2. The van der Waals surface area contributed by atoms with Gasteiger partial charge in [-0.05, 0) is 44.6 Å². The molecule has 1 spiro atoms. The highest BCUT2D eigenvalue weighted by Crippen LogP contribution is 2.40. The Morgan fingerprint density at radius 2 is 1.80 bits per heavy atom. The van der Waals surface area contributed by atoms with Crippen molar-refractivity contribution in [3.05, 3.63) is 0 Å². The largest absolute Gasteiger partial charge is 0.469 e. The lowest BCUT2D eigenvalue weighted by Gasteiger charge is -2.42. The Morgan fingerprint density at radius 3 is 2.56 bits per heavy atom. The first-order valence-corrected chi connectivity index (χ1v) is 10.2. The van der Waals surface area contributed by atoms with E-state index in [0.29, 0.717) is 5.41 Å². The number of piperidine rings is 1. The number of likely N-dealkylation sites (tertiary alicyclic amines) is 2. The van der Waals surface area contributed by atoms with E-state index in [4.69, 9.17) is 0 Å². The van der Waals surface area contributed by atoms with Crippen LogP contribution in [-0.4, -0.2) is 61.5 Å². The third-order valence-electron chi connectivity index (χ3n) is 6.54. The maximum atomic E-state index is 12.4. The second-order valence-electron chi connectivity index (χ2n) is 8.48. The molecular formula is C20H34N2O3. The average molecular weight is 351 g/mol. The molecule has 3 fully saturated rings. The first-order chi connectivity index (χ1) is 12.1. The van der Waals surface area contributed by atoms with Crippen LogP contribution in [0.4, 0.5) is 0 Å². The highest BCUT2D eigenvalue weighted by Gasteiger charge is 2.42. The summed E-state index contributed by atoms with van der Waals surface area (Å²) in [5, 5.41) is 0. The van der Waals surface area contributed by atoms with Gasteiger partial charge in [-0.2, -0.15) is 0 Å². The number of esters is 1. The van der Waals surface area contributed by atoms with Gasteiger partial charge in [-0.25, -0.2) is 0 Å². The smallest absolute Gasteiger partial charge is 0.306 e. The third-order valence-corrected chi connectivity index (χ3v) is 6.54. The van der Waals surface area contributed by atoms with Gasteiger partial charge in [-0.3, -0.25) is 9.59 Å². The number of carbonyl (C=O) groups excluding carboxylic acids is 2. The summed E-state index contributed by atoms with van der Waals surface area (Å²) in [5.41, 5.74) is 0.299. The Kier molecular flexibility index (Phi) is 6.37.